The molecule has 0 bridgehead atoms. The van der Waals surface area contributed by atoms with E-state index in [1.165, 1.54) is 7.11 Å². The Balaban J connectivity index is 0.00000156. The van der Waals surface area contributed by atoms with Gasteiger partial charge in [-0.3, -0.25) is 4.90 Å². The monoisotopic (exact) mass is 401 g/mol. The van der Waals surface area contributed by atoms with Crippen LogP contribution in [0.4, 0.5) is 0 Å². The molecule has 25 heavy (non-hydrogen) atoms. The molecule has 5 nitrogen and oxygen atoms in total. The minimum Gasteiger partial charge on any atom is -0.504 e. The summed E-state index contributed by atoms with van der Waals surface area (Å²) in [7, 11) is 1.52. The third-order valence-corrected chi connectivity index (χ3v) is 5.05. The van der Waals surface area contributed by atoms with Crippen molar-refractivity contribution >= 4 is 36.2 Å². The summed E-state index contributed by atoms with van der Waals surface area (Å²) in [5, 5.41) is 25.6. The number of phenolic OH excluding ortho intramolecular Hbond substituents is 1. The lowest BCUT2D eigenvalue weighted by Crippen LogP contribution is -2.45. The second kappa shape index (κ2) is 9.85. The molecule has 8 heteroatoms. The number of hydrogen-bond acceptors (Lipinski definition) is 6. The zero-order valence-corrected chi connectivity index (χ0v) is 16.2. The van der Waals surface area contributed by atoms with E-state index >= 15 is 0 Å². The molecule has 136 valence electrons. The first-order valence-corrected chi connectivity index (χ1v) is 8.42. The Morgan fingerprint density at radius 3 is 2.56 bits per heavy atom. The van der Waals surface area contributed by atoms with Crippen LogP contribution in [0.5, 0.6) is 11.5 Å². The van der Waals surface area contributed by atoms with Crippen LogP contribution in [-0.4, -0.2) is 43.3 Å². The van der Waals surface area contributed by atoms with Gasteiger partial charge in [0.2, 0.25) is 0 Å². The number of nitrogens with one attached hydrogen (secondary N) is 1. The molecule has 1 fully saturated rings. The van der Waals surface area contributed by atoms with Crippen molar-refractivity contribution in [3.8, 4) is 17.6 Å². The van der Waals surface area contributed by atoms with Crippen LogP contribution < -0.4 is 10.1 Å². The summed E-state index contributed by atoms with van der Waals surface area (Å²) >= 11 is 1.64. The molecular weight excluding hydrogens is 381 g/mol. The topological polar surface area (TPSA) is 68.5 Å². The summed E-state index contributed by atoms with van der Waals surface area (Å²) in [6.07, 6.45) is 0. The maximum absolute atomic E-state index is 10.7. The maximum atomic E-state index is 10.7. The fourth-order valence-electron chi connectivity index (χ4n) is 3.02. The van der Waals surface area contributed by atoms with E-state index in [0.717, 1.165) is 31.1 Å². The van der Waals surface area contributed by atoms with Crippen molar-refractivity contribution in [1.82, 2.24) is 10.2 Å². The molecule has 2 aromatic rings. The Bertz CT molecular complexity index is 713. The normalized spacial score (nSPS) is 15.4. The second-order valence-electron chi connectivity index (χ2n) is 5.39. The van der Waals surface area contributed by atoms with E-state index in [1.807, 2.05) is 11.4 Å². The van der Waals surface area contributed by atoms with Crippen LogP contribution in [0.2, 0.25) is 0 Å². The van der Waals surface area contributed by atoms with Gasteiger partial charge >= 0.3 is 0 Å². The quantitative estimate of drug-likeness (QED) is 0.822. The first-order valence-electron chi connectivity index (χ1n) is 7.54. The van der Waals surface area contributed by atoms with Crippen LogP contribution in [0.15, 0.2) is 29.6 Å². The first kappa shape index (κ1) is 21.6. The number of methoxy groups -OCH3 is 1. The standard InChI is InChI=1S/C17H19N3O2S.2ClH/c1-22-13-5-4-12(11-18)15(17(13)21)16(14-3-2-10-23-14)20-8-6-19-7-9-20;;/h2-5,10,16,19,21H,6-9H2,1H3;2*1H/t16-;;/m0../s1. The minimum absolute atomic E-state index is 0. The number of halogens is 2. The van der Waals surface area contributed by atoms with Crippen molar-refractivity contribution in [2.75, 3.05) is 33.3 Å². The van der Waals surface area contributed by atoms with Crippen molar-refractivity contribution in [3.05, 3.63) is 45.6 Å². The molecule has 0 radical (unpaired) electrons. The third kappa shape index (κ3) is 4.38. The molecule has 0 aliphatic carbocycles. The second-order valence-corrected chi connectivity index (χ2v) is 6.37. The number of hydrogen-bond donors (Lipinski definition) is 2. The number of benzene rings is 1. The summed E-state index contributed by atoms with van der Waals surface area (Å²) in [6.45, 7) is 3.52. The zero-order valence-electron chi connectivity index (χ0n) is 13.8. The van der Waals surface area contributed by atoms with Crippen LogP contribution in [0.3, 0.4) is 0 Å². The van der Waals surface area contributed by atoms with Gasteiger partial charge in [0.1, 0.15) is 0 Å². The van der Waals surface area contributed by atoms with Crippen molar-refractivity contribution in [2.45, 2.75) is 6.04 Å². The molecule has 0 spiro atoms. The van der Waals surface area contributed by atoms with Crippen LogP contribution in [0, 0.1) is 11.3 Å². The number of piperazine rings is 1. The third-order valence-electron chi connectivity index (χ3n) is 4.12. The molecule has 0 amide bonds. The highest BCUT2D eigenvalue weighted by atomic mass is 35.5. The van der Waals surface area contributed by atoms with E-state index in [1.54, 1.807) is 23.5 Å². The molecule has 1 atom stereocenters. The molecule has 0 unspecified atom stereocenters. The van der Waals surface area contributed by atoms with Gasteiger partial charge in [0.25, 0.3) is 0 Å². The number of nitrogens with zero attached hydrogens (tertiary/aromatic N) is 2. The summed E-state index contributed by atoms with van der Waals surface area (Å²) in [5.41, 5.74) is 1.12. The van der Waals surface area contributed by atoms with Gasteiger partial charge < -0.3 is 15.2 Å². The Labute approximate surface area is 164 Å². The Kier molecular flexibility index (Phi) is 8.50. The van der Waals surface area contributed by atoms with E-state index in [-0.39, 0.29) is 36.6 Å². The Hall–Kier alpha value is -1.49. The number of thiophene rings is 1. The summed E-state index contributed by atoms with van der Waals surface area (Å²) in [5.74, 6) is 0.458. The van der Waals surface area contributed by atoms with Crippen molar-refractivity contribution < 1.29 is 9.84 Å². The smallest absolute Gasteiger partial charge is 0.164 e. The predicted octanol–water partition coefficient (Wildman–Crippen LogP) is 3.17. The maximum Gasteiger partial charge on any atom is 0.164 e. The Morgan fingerprint density at radius 1 is 1.28 bits per heavy atom. The number of nitriles is 1. The number of aromatic hydroxyl groups is 1. The largest absolute Gasteiger partial charge is 0.504 e. The fourth-order valence-corrected chi connectivity index (χ4v) is 3.89. The van der Waals surface area contributed by atoms with Gasteiger partial charge in [0, 0.05) is 36.6 Å². The number of rotatable bonds is 4. The number of phenols is 1. The van der Waals surface area contributed by atoms with Crippen molar-refractivity contribution in [3.63, 3.8) is 0 Å². The number of ether oxygens (including phenoxy) is 1. The molecule has 1 aromatic heterocycles. The minimum atomic E-state index is -0.137. The Morgan fingerprint density at radius 2 is 2.00 bits per heavy atom. The molecule has 0 saturated carbocycles. The molecule has 1 aromatic carbocycles. The molecule has 3 rings (SSSR count). The molecule has 1 aliphatic heterocycles. The van der Waals surface area contributed by atoms with Crippen molar-refractivity contribution in [1.29, 1.82) is 5.26 Å². The molecule has 1 aliphatic rings. The lowest BCUT2D eigenvalue weighted by Gasteiger charge is -2.35. The zero-order chi connectivity index (χ0) is 16.2. The van der Waals surface area contributed by atoms with Crippen molar-refractivity contribution in [2.24, 2.45) is 0 Å². The van der Waals surface area contributed by atoms with E-state index in [0.29, 0.717) is 16.9 Å². The summed E-state index contributed by atoms with van der Waals surface area (Å²) in [6, 6.07) is 9.49. The average molecular weight is 402 g/mol. The predicted molar refractivity (Wildman–Crippen MR) is 104 cm³/mol. The SMILES string of the molecule is COc1ccc(C#N)c([C@H](c2cccs2)N2CCNCC2)c1O.Cl.Cl. The van der Waals surface area contributed by atoms with Gasteiger partial charge in [-0.15, -0.1) is 36.2 Å². The summed E-state index contributed by atoms with van der Waals surface area (Å²) in [4.78, 5) is 3.42. The molecular formula is C17H21Cl2N3O2S. The van der Waals surface area contributed by atoms with Gasteiger partial charge in [-0.2, -0.15) is 5.26 Å². The van der Waals surface area contributed by atoms with Crippen LogP contribution in [0.1, 0.15) is 22.0 Å². The molecule has 2 N–H and O–H groups in total. The van der Waals surface area contributed by atoms with Gasteiger partial charge in [0.05, 0.1) is 24.8 Å². The lowest BCUT2D eigenvalue weighted by molar-refractivity contribution is 0.197. The molecule has 1 saturated heterocycles. The van der Waals surface area contributed by atoms with Crippen LogP contribution in [0.25, 0.3) is 0 Å². The average Bonchev–Trinajstić information content (AvgIpc) is 3.11. The van der Waals surface area contributed by atoms with Crippen LogP contribution in [-0.2, 0) is 0 Å². The van der Waals surface area contributed by atoms with E-state index in [4.69, 9.17) is 4.74 Å². The highest BCUT2D eigenvalue weighted by Crippen LogP contribution is 2.42. The van der Waals surface area contributed by atoms with Gasteiger partial charge in [-0.05, 0) is 23.6 Å². The van der Waals surface area contributed by atoms with Gasteiger partial charge in [-0.1, -0.05) is 6.07 Å². The highest BCUT2D eigenvalue weighted by Gasteiger charge is 2.30. The van der Waals surface area contributed by atoms with E-state index < -0.39 is 0 Å². The molecule has 2 heterocycles. The first-order chi connectivity index (χ1) is 11.3. The van der Waals surface area contributed by atoms with Gasteiger partial charge in [-0.25, -0.2) is 0 Å². The fraction of sp³-hybridized carbons (Fsp3) is 0.353. The highest BCUT2D eigenvalue weighted by molar-refractivity contribution is 7.10. The van der Waals surface area contributed by atoms with Crippen LogP contribution >= 0.6 is 36.2 Å². The summed E-state index contributed by atoms with van der Waals surface area (Å²) < 4.78 is 5.25. The van der Waals surface area contributed by atoms with E-state index in [2.05, 4.69) is 22.4 Å². The van der Waals surface area contributed by atoms with E-state index in [9.17, 15) is 10.4 Å². The lowest BCUT2D eigenvalue weighted by atomic mass is 9.96. The van der Waals surface area contributed by atoms with Gasteiger partial charge in [0.15, 0.2) is 11.5 Å².